The van der Waals surface area contributed by atoms with Crippen molar-refractivity contribution in [3.63, 3.8) is 0 Å². The van der Waals surface area contributed by atoms with Crippen molar-refractivity contribution in [1.29, 1.82) is 0 Å². The number of piperidine rings is 1. The molecule has 0 aromatic heterocycles. The lowest BCUT2D eigenvalue weighted by atomic mass is 10.0. The van der Waals surface area contributed by atoms with Gasteiger partial charge < -0.3 is 10.2 Å². The van der Waals surface area contributed by atoms with Gasteiger partial charge in [0.25, 0.3) is 0 Å². The van der Waals surface area contributed by atoms with Crippen LogP contribution in [0.1, 0.15) is 54.5 Å². The van der Waals surface area contributed by atoms with E-state index in [1.807, 2.05) is 0 Å². The maximum atomic E-state index is 12.4. The summed E-state index contributed by atoms with van der Waals surface area (Å²) in [5.41, 5.74) is 5.95. The first-order valence-corrected chi connectivity index (χ1v) is 9.73. The van der Waals surface area contributed by atoms with Gasteiger partial charge in [0.15, 0.2) is 0 Å². The highest BCUT2D eigenvalue weighted by Gasteiger charge is 2.14. The van der Waals surface area contributed by atoms with E-state index in [1.165, 1.54) is 36.1 Å². The Morgan fingerprint density at radius 1 is 1.04 bits per heavy atom. The number of nitrogens with zero attached hydrogens (tertiary/aromatic N) is 1. The van der Waals surface area contributed by atoms with Crippen LogP contribution in [0.5, 0.6) is 0 Å². The third kappa shape index (κ3) is 4.66. The van der Waals surface area contributed by atoms with E-state index < -0.39 is 0 Å². The van der Waals surface area contributed by atoms with Gasteiger partial charge >= 0.3 is 0 Å². The predicted molar refractivity (Wildman–Crippen MR) is 109 cm³/mol. The summed E-state index contributed by atoms with van der Waals surface area (Å²) in [7, 11) is 0. The molecular formula is C23H30N2O. The van der Waals surface area contributed by atoms with Crippen molar-refractivity contribution in [2.75, 3.05) is 18.0 Å². The zero-order valence-corrected chi connectivity index (χ0v) is 16.2. The minimum atomic E-state index is 0.0173. The molecular weight excluding hydrogens is 320 g/mol. The van der Waals surface area contributed by atoms with Gasteiger partial charge in [0.05, 0.1) is 12.5 Å². The normalized spacial score (nSPS) is 15.6. The Morgan fingerprint density at radius 2 is 1.73 bits per heavy atom. The van der Waals surface area contributed by atoms with Gasteiger partial charge in [-0.25, -0.2) is 0 Å². The molecule has 0 aliphatic carbocycles. The molecule has 2 aromatic rings. The lowest BCUT2D eigenvalue weighted by Gasteiger charge is -2.29. The minimum Gasteiger partial charge on any atom is -0.372 e. The summed E-state index contributed by atoms with van der Waals surface area (Å²) < 4.78 is 0. The number of nitrogens with one attached hydrogen (secondary N) is 1. The Kier molecular flexibility index (Phi) is 5.97. The van der Waals surface area contributed by atoms with E-state index in [-0.39, 0.29) is 11.9 Å². The van der Waals surface area contributed by atoms with Gasteiger partial charge in [-0.1, -0.05) is 35.9 Å². The van der Waals surface area contributed by atoms with Crippen LogP contribution in [0.2, 0.25) is 0 Å². The van der Waals surface area contributed by atoms with Crippen LogP contribution in [0.3, 0.4) is 0 Å². The largest absolute Gasteiger partial charge is 0.372 e. The Balaban J connectivity index is 1.58. The third-order valence-corrected chi connectivity index (χ3v) is 5.34. The Labute approximate surface area is 157 Å². The maximum absolute atomic E-state index is 12.4. The second-order valence-electron chi connectivity index (χ2n) is 7.54. The Hall–Kier alpha value is -2.29. The predicted octanol–water partition coefficient (Wildman–Crippen LogP) is 4.71. The molecule has 1 amide bonds. The van der Waals surface area contributed by atoms with Crippen molar-refractivity contribution in [2.24, 2.45) is 0 Å². The molecule has 138 valence electrons. The van der Waals surface area contributed by atoms with Gasteiger partial charge in [0.2, 0.25) is 5.91 Å². The summed E-state index contributed by atoms with van der Waals surface area (Å²) in [5.74, 6) is 0.0737. The Morgan fingerprint density at radius 3 is 2.38 bits per heavy atom. The second kappa shape index (κ2) is 8.39. The third-order valence-electron chi connectivity index (χ3n) is 5.34. The van der Waals surface area contributed by atoms with Crippen molar-refractivity contribution in [3.05, 3.63) is 64.7 Å². The SMILES string of the molecule is Cc1ccc(CC(=O)N[C@@H](C)c2ccc(N3CCCCC3)cc2)c(C)c1. The van der Waals surface area contributed by atoms with Crippen LogP contribution in [0.25, 0.3) is 0 Å². The monoisotopic (exact) mass is 350 g/mol. The number of benzene rings is 2. The van der Waals surface area contributed by atoms with Crippen LogP contribution in [-0.2, 0) is 11.2 Å². The molecule has 1 heterocycles. The van der Waals surface area contributed by atoms with Crippen molar-refractivity contribution >= 4 is 11.6 Å². The van der Waals surface area contributed by atoms with Crippen LogP contribution < -0.4 is 10.2 Å². The standard InChI is InChI=1S/C23H30N2O/c1-17-7-8-21(18(2)15-17)16-23(26)24-19(3)20-9-11-22(12-10-20)25-13-5-4-6-14-25/h7-12,15,19H,4-6,13-14,16H2,1-3H3,(H,24,26)/t19-/m0/s1. The van der Waals surface area contributed by atoms with Crippen LogP contribution in [0.4, 0.5) is 5.69 Å². The summed E-state index contributed by atoms with van der Waals surface area (Å²) >= 11 is 0. The summed E-state index contributed by atoms with van der Waals surface area (Å²) in [4.78, 5) is 14.9. The summed E-state index contributed by atoms with van der Waals surface area (Å²) in [5, 5.41) is 3.13. The van der Waals surface area contributed by atoms with E-state index in [4.69, 9.17) is 0 Å². The summed E-state index contributed by atoms with van der Waals surface area (Å²) in [6, 6.07) is 14.9. The molecule has 2 aromatic carbocycles. The molecule has 0 unspecified atom stereocenters. The zero-order chi connectivity index (χ0) is 18.5. The quantitative estimate of drug-likeness (QED) is 0.847. The fourth-order valence-corrected chi connectivity index (χ4v) is 3.72. The molecule has 1 saturated heterocycles. The van der Waals surface area contributed by atoms with E-state index in [9.17, 15) is 4.79 Å². The average Bonchev–Trinajstić information content (AvgIpc) is 2.65. The van der Waals surface area contributed by atoms with Gasteiger partial charge in [-0.15, -0.1) is 0 Å². The maximum Gasteiger partial charge on any atom is 0.224 e. The average molecular weight is 351 g/mol. The van der Waals surface area contributed by atoms with Gasteiger partial charge in [-0.3, -0.25) is 4.79 Å². The highest BCUT2D eigenvalue weighted by Crippen LogP contribution is 2.22. The van der Waals surface area contributed by atoms with Gasteiger partial charge in [-0.05, 0) is 68.9 Å². The van der Waals surface area contributed by atoms with Crippen LogP contribution in [-0.4, -0.2) is 19.0 Å². The van der Waals surface area contributed by atoms with E-state index in [0.717, 1.165) is 24.2 Å². The molecule has 3 heteroatoms. The van der Waals surface area contributed by atoms with Crippen molar-refractivity contribution in [1.82, 2.24) is 5.32 Å². The first-order valence-electron chi connectivity index (χ1n) is 9.73. The van der Waals surface area contributed by atoms with Crippen molar-refractivity contribution in [3.8, 4) is 0 Å². The molecule has 1 atom stereocenters. The molecule has 0 saturated carbocycles. The number of anilines is 1. The second-order valence-corrected chi connectivity index (χ2v) is 7.54. The summed E-state index contributed by atoms with van der Waals surface area (Å²) in [6.07, 6.45) is 4.35. The zero-order valence-electron chi connectivity index (χ0n) is 16.2. The fraction of sp³-hybridized carbons (Fsp3) is 0.435. The molecule has 1 aliphatic rings. The van der Waals surface area contributed by atoms with Crippen molar-refractivity contribution < 1.29 is 4.79 Å². The lowest BCUT2D eigenvalue weighted by Crippen LogP contribution is -2.30. The van der Waals surface area contributed by atoms with Crippen LogP contribution in [0.15, 0.2) is 42.5 Å². The van der Waals surface area contributed by atoms with Gasteiger partial charge in [0.1, 0.15) is 0 Å². The highest BCUT2D eigenvalue weighted by atomic mass is 16.1. The number of carbonyl (C=O) groups excluding carboxylic acids is 1. The fourth-order valence-electron chi connectivity index (χ4n) is 3.72. The topological polar surface area (TPSA) is 32.3 Å². The number of aryl methyl sites for hydroxylation is 2. The number of hydrogen-bond donors (Lipinski definition) is 1. The van der Waals surface area contributed by atoms with E-state index in [2.05, 4.69) is 73.5 Å². The molecule has 1 aliphatic heterocycles. The van der Waals surface area contributed by atoms with Crippen LogP contribution in [0, 0.1) is 13.8 Å². The minimum absolute atomic E-state index is 0.0173. The molecule has 1 N–H and O–H groups in total. The molecule has 26 heavy (non-hydrogen) atoms. The number of hydrogen-bond acceptors (Lipinski definition) is 2. The number of carbonyl (C=O) groups is 1. The van der Waals surface area contributed by atoms with E-state index in [0.29, 0.717) is 6.42 Å². The smallest absolute Gasteiger partial charge is 0.224 e. The van der Waals surface area contributed by atoms with Gasteiger partial charge in [-0.2, -0.15) is 0 Å². The van der Waals surface area contributed by atoms with Crippen LogP contribution >= 0.6 is 0 Å². The van der Waals surface area contributed by atoms with E-state index in [1.54, 1.807) is 0 Å². The highest BCUT2D eigenvalue weighted by molar-refractivity contribution is 5.79. The first-order chi connectivity index (χ1) is 12.5. The van der Waals surface area contributed by atoms with Gasteiger partial charge in [0, 0.05) is 18.8 Å². The first kappa shape index (κ1) is 18.5. The molecule has 0 spiro atoms. The molecule has 0 bridgehead atoms. The number of amides is 1. The lowest BCUT2D eigenvalue weighted by molar-refractivity contribution is -0.121. The molecule has 3 rings (SSSR count). The number of rotatable bonds is 5. The van der Waals surface area contributed by atoms with E-state index >= 15 is 0 Å². The summed E-state index contributed by atoms with van der Waals surface area (Å²) in [6.45, 7) is 8.50. The molecule has 3 nitrogen and oxygen atoms in total. The van der Waals surface area contributed by atoms with Crippen molar-refractivity contribution in [2.45, 2.75) is 52.5 Å². The Bertz CT molecular complexity index is 745. The molecule has 1 fully saturated rings. The molecule has 0 radical (unpaired) electrons.